The molecule has 0 aliphatic heterocycles. The van der Waals surface area contributed by atoms with Crippen molar-refractivity contribution in [2.75, 3.05) is 11.1 Å². The molecule has 33 heavy (non-hydrogen) atoms. The molecule has 3 N–H and O–H groups in total. The van der Waals surface area contributed by atoms with Crippen molar-refractivity contribution in [2.45, 2.75) is 64.6 Å². The lowest BCUT2D eigenvalue weighted by atomic mass is 9.88. The van der Waals surface area contributed by atoms with Crippen LogP contribution in [0.3, 0.4) is 0 Å². The topological polar surface area (TPSA) is 103 Å². The Kier molecular flexibility index (Phi) is 7.55. The SMILES string of the molecule is CCCc1cc(-c2nnc(SCC(=O)Nc3sc4c(c3C(N)=O)CCC(C)C4)n2CC)cs1. The van der Waals surface area contributed by atoms with E-state index in [-0.39, 0.29) is 11.7 Å². The van der Waals surface area contributed by atoms with Gasteiger partial charge in [0.1, 0.15) is 5.00 Å². The van der Waals surface area contributed by atoms with E-state index in [0.717, 1.165) is 49.1 Å². The highest BCUT2D eigenvalue weighted by molar-refractivity contribution is 7.99. The summed E-state index contributed by atoms with van der Waals surface area (Å²) in [5.41, 5.74) is 8.24. The molecule has 176 valence electrons. The molecule has 0 saturated carbocycles. The number of hydrogen-bond donors (Lipinski definition) is 2. The number of carbonyl (C=O) groups is 2. The van der Waals surface area contributed by atoms with Crippen LogP contribution in [0.1, 0.15) is 59.3 Å². The van der Waals surface area contributed by atoms with Crippen molar-refractivity contribution in [3.63, 3.8) is 0 Å². The summed E-state index contributed by atoms with van der Waals surface area (Å²) in [4.78, 5) is 27.4. The van der Waals surface area contributed by atoms with E-state index >= 15 is 0 Å². The molecule has 0 aromatic carbocycles. The second kappa shape index (κ2) is 10.4. The Morgan fingerprint density at radius 3 is 2.88 bits per heavy atom. The molecule has 3 heterocycles. The van der Waals surface area contributed by atoms with E-state index in [1.165, 1.54) is 32.9 Å². The maximum Gasteiger partial charge on any atom is 0.251 e. The number of rotatable bonds is 9. The summed E-state index contributed by atoms with van der Waals surface area (Å²) in [6.45, 7) is 7.14. The van der Waals surface area contributed by atoms with Crippen LogP contribution in [-0.4, -0.2) is 32.3 Å². The summed E-state index contributed by atoms with van der Waals surface area (Å²) < 4.78 is 2.04. The fourth-order valence-electron chi connectivity index (χ4n) is 4.16. The van der Waals surface area contributed by atoms with E-state index in [0.29, 0.717) is 28.2 Å². The van der Waals surface area contributed by atoms with Crippen LogP contribution >= 0.6 is 34.4 Å². The third-order valence-electron chi connectivity index (χ3n) is 5.78. The van der Waals surface area contributed by atoms with Gasteiger partial charge in [0.25, 0.3) is 5.91 Å². The van der Waals surface area contributed by atoms with E-state index in [4.69, 9.17) is 5.73 Å². The van der Waals surface area contributed by atoms with E-state index < -0.39 is 5.91 Å². The van der Waals surface area contributed by atoms with Gasteiger partial charge in [-0.25, -0.2) is 0 Å². The molecule has 3 aromatic heterocycles. The molecule has 0 fully saturated rings. The van der Waals surface area contributed by atoms with Gasteiger partial charge in [0.15, 0.2) is 11.0 Å². The minimum atomic E-state index is -0.474. The number of aryl methyl sites for hydroxylation is 1. The Morgan fingerprint density at radius 2 is 2.15 bits per heavy atom. The largest absolute Gasteiger partial charge is 0.365 e. The summed E-state index contributed by atoms with van der Waals surface area (Å²) >= 11 is 4.58. The number of fused-ring (bicyclic) bond motifs is 1. The molecule has 1 unspecified atom stereocenters. The number of aromatic nitrogens is 3. The fraction of sp³-hybridized carbons (Fsp3) is 0.478. The number of nitrogens with zero attached hydrogens (tertiary/aromatic N) is 3. The molecule has 0 bridgehead atoms. The van der Waals surface area contributed by atoms with Crippen molar-refractivity contribution in [1.82, 2.24) is 14.8 Å². The van der Waals surface area contributed by atoms with Crippen LogP contribution in [0.15, 0.2) is 16.6 Å². The van der Waals surface area contributed by atoms with Gasteiger partial charge in [-0.2, -0.15) is 0 Å². The molecule has 2 amide bonds. The second-order valence-corrected chi connectivity index (χ2v) is 11.4. The lowest BCUT2D eigenvalue weighted by molar-refractivity contribution is -0.113. The number of anilines is 1. The average Bonchev–Trinajstić information content (AvgIpc) is 3.48. The van der Waals surface area contributed by atoms with E-state index in [1.54, 1.807) is 11.3 Å². The molecule has 1 aliphatic carbocycles. The number of hydrogen-bond acceptors (Lipinski definition) is 7. The molecular weight excluding hydrogens is 474 g/mol. The van der Waals surface area contributed by atoms with E-state index in [1.807, 2.05) is 11.5 Å². The Morgan fingerprint density at radius 1 is 1.33 bits per heavy atom. The lowest BCUT2D eigenvalue weighted by Gasteiger charge is -2.18. The highest BCUT2D eigenvalue weighted by Gasteiger charge is 2.27. The average molecular weight is 504 g/mol. The molecule has 0 radical (unpaired) electrons. The number of amides is 2. The number of primary amides is 1. The highest BCUT2D eigenvalue weighted by atomic mass is 32.2. The van der Waals surface area contributed by atoms with Gasteiger partial charge in [0.2, 0.25) is 5.91 Å². The van der Waals surface area contributed by atoms with Crippen LogP contribution in [0.5, 0.6) is 0 Å². The van der Waals surface area contributed by atoms with Crippen molar-refractivity contribution >= 4 is 51.3 Å². The van der Waals surface area contributed by atoms with Gasteiger partial charge >= 0.3 is 0 Å². The number of carbonyl (C=O) groups excluding carboxylic acids is 2. The Hall–Kier alpha value is -2.17. The van der Waals surface area contributed by atoms with Crippen LogP contribution in [0.4, 0.5) is 5.00 Å². The number of nitrogens with one attached hydrogen (secondary N) is 1. The van der Waals surface area contributed by atoms with E-state index in [2.05, 4.69) is 40.8 Å². The highest BCUT2D eigenvalue weighted by Crippen LogP contribution is 2.39. The predicted octanol–water partition coefficient (Wildman–Crippen LogP) is 5.00. The standard InChI is InChI=1S/C23H29N5O2S3/c1-4-6-15-10-14(11-31-15)21-26-27-23(28(21)5-2)32-12-18(29)25-22-19(20(24)30)16-8-7-13(3)9-17(16)33-22/h10-11,13H,4-9,12H2,1-3H3,(H2,24,30)(H,25,29). The van der Waals surface area contributed by atoms with Crippen molar-refractivity contribution in [3.8, 4) is 11.4 Å². The van der Waals surface area contributed by atoms with Crippen LogP contribution in [0.25, 0.3) is 11.4 Å². The summed E-state index contributed by atoms with van der Waals surface area (Å²) in [5.74, 6) is 0.933. The zero-order chi connectivity index (χ0) is 23.5. The molecule has 3 aromatic rings. The number of thioether (sulfide) groups is 1. The molecular formula is C23H29N5O2S3. The maximum atomic E-state index is 12.8. The van der Waals surface area contributed by atoms with Gasteiger partial charge in [-0.3, -0.25) is 9.59 Å². The molecule has 4 rings (SSSR count). The first-order chi connectivity index (χ1) is 15.9. The van der Waals surface area contributed by atoms with Crippen molar-refractivity contribution in [2.24, 2.45) is 11.7 Å². The fourth-order valence-corrected chi connectivity index (χ4v) is 7.37. The molecule has 7 nitrogen and oxygen atoms in total. The zero-order valence-corrected chi connectivity index (χ0v) is 21.6. The van der Waals surface area contributed by atoms with Crippen LogP contribution in [-0.2, 0) is 30.6 Å². The number of nitrogens with two attached hydrogens (primary N) is 1. The van der Waals surface area contributed by atoms with Gasteiger partial charge in [-0.05, 0) is 50.2 Å². The first-order valence-electron chi connectivity index (χ1n) is 11.3. The molecule has 0 spiro atoms. The predicted molar refractivity (Wildman–Crippen MR) is 136 cm³/mol. The quantitative estimate of drug-likeness (QED) is 0.400. The monoisotopic (exact) mass is 503 g/mol. The van der Waals surface area contributed by atoms with Gasteiger partial charge < -0.3 is 15.6 Å². The Bertz CT molecular complexity index is 1160. The maximum absolute atomic E-state index is 12.8. The van der Waals surface area contributed by atoms with Crippen molar-refractivity contribution < 1.29 is 9.59 Å². The van der Waals surface area contributed by atoms with Gasteiger partial charge in [-0.15, -0.1) is 32.9 Å². The molecule has 10 heteroatoms. The number of thiophene rings is 2. The Balaban J connectivity index is 1.45. The van der Waals surface area contributed by atoms with Crippen LogP contribution in [0, 0.1) is 5.92 Å². The van der Waals surface area contributed by atoms with Gasteiger partial charge in [0, 0.05) is 27.2 Å². The third-order valence-corrected chi connectivity index (χ3v) is 8.92. The third kappa shape index (κ3) is 5.17. The Labute approximate surface area is 206 Å². The molecule has 1 aliphatic rings. The molecule has 0 saturated heterocycles. The summed E-state index contributed by atoms with van der Waals surface area (Å²) in [5, 5.41) is 15.1. The van der Waals surface area contributed by atoms with Crippen LogP contribution < -0.4 is 11.1 Å². The van der Waals surface area contributed by atoms with Crippen molar-refractivity contribution in [1.29, 1.82) is 0 Å². The summed E-state index contributed by atoms with van der Waals surface area (Å²) in [6, 6.07) is 2.18. The lowest BCUT2D eigenvalue weighted by Crippen LogP contribution is -2.20. The van der Waals surface area contributed by atoms with Gasteiger partial charge in [0.05, 0.1) is 11.3 Å². The normalized spacial score (nSPS) is 15.4. The van der Waals surface area contributed by atoms with E-state index in [9.17, 15) is 9.59 Å². The minimum Gasteiger partial charge on any atom is -0.365 e. The minimum absolute atomic E-state index is 0.179. The first-order valence-corrected chi connectivity index (χ1v) is 14.0. The summed E-state index contributed by atoms with van der Waals surface area (Å²) in [7, 11) is 0. The second-order valence-electron chi connectivity index (χ2n) is 8.36. The van der Waals surface area contributed by atoms with Crippen molar-refractivity contribution in [3.05, 3.63) is 32.3 Å². The van der Waals surface area contributed by atoms with Crippen LogP contribution in [0.2, 0.25) is 0 Å². The zero-order valence-electron chi connectivity index (χ0n) is 19.1. The smallest absolute Gasteiger partial charge is 0.251 e. The molecule has 1 atom stereocenters. The van der Waals surface area contributed by atoms with Gasteiger partial charge in [-0.1, -0.05) is 32.0 Å². The summed E-state index contributed by atoms with van der Waals surface area (Å²) in [6.07, 6.45) is 4.97. The first kappa shape index (κ1) is 24.0.